The lowest BCUT2D eigenvalue weighted by atomic mass is 10.2. The van der Waals surface area contributed by atoms with Crippen LogP contribution >= 0.6 is 0 Å². The molecule has 0 aliphatic heterocycles. The van der Waals surface area contributed by atoms with E-state index in [4.69, 9.17) is 1.37 Å². The predicted octanol–water partition coefficient (Wildman–Crippen LogP) is 2.24. The molecule has 0 bridgehead atoms. The molecule has 2 heteroatoms. The van der Waals surface area contributed by atoms with Gasteiger partial charge < -0.3 is 0 Å². The summed E-state index contributed by atoms with van der Waals surface area (Å²) < 4.78 is 9.02. The fourth-order valence-corrected chi connectivity index (χ4v) is 1.26. The highest BCUT2D eigenvalue weighted by Gasteiger charge is 1.94. The van der Waals surface area contributed by atoms with E-state index in [-0.39, 0.29) is 6.90 Å². The first-order valence-corrected chi connectivity index (χ1v) is 4.24. The van der Waals surface area contributed by atoms with Crippen molar-refractivity contribution in [3.8, 4) is 0 Å². The van der Waals surface area contributed by atoms with Gasteiger partial charge in [0, 0.05) is 7.57 Å². The standard InChI is InChI=1S/C11H12N2/c1-10-7-8-13(12-10)9-11-5-3-2-4-6-11/h2-8H,9H2,1H3/i1D. The molecule has 2 rings (SSSR count). The van der Waals surface area contributed by atoms with Crippen molar-refractivity contribution in [3.05, 3.63) is 53.9 Å². The van der Waals surface area contributed by atoms with E-state index in [1.807, 2.05) is 35.1 Å². The van der Waals surface area contributed by atoms with Crippen molar-refractivity contribution in [1.82, 2.24) is 9.78 Å². The molecule has 0 radical (unpaired) electrons. The molecule has 0 atom stereocenters. The lowest BCUT2D eigenvalue weighted by molar-refractivity contribution is 0.679. The van der Waals surface area contributed by atoms with Gasteiger partial charge in [0.1, 0.15) is 0 Å². The molecule has 0 fully saturated rings. The van der Waals surface area contributed by atoms with E-state index in [1.54, 1.807) is 0 Å². The van der Waals surface area contributed by atoms with Gasteiger partial charge in [0.05, 0.1) is 12.2 Å². The Hall–Kier alpha value is -1.57. The van der Waals surface area contributed by atoms with E-state index in [2.05, 4.69) is 17.2 Å². The first-order chi connectivity index (χ1) is 6.88. The molecule has 0 amide bonds. The smallest absolute Gasteiger partial charge is 0.0659 e. The van der Waals surface area contributed by atoms with Crippen LogP contribution in [0.5, 0.6) is 0 Å². The van der Waals surface area contributed by atoms with Crippen LogP contribution < -0.4 is 0 Å². The molecule has 0 saturated carbocycles. The predicted molar refractivity (Wildman–Crippen MR) is 52.5 cm³/mol. The monoisotopic (exact) mass is 173 g/mol. The third-order valence-corrected chi connectivity index (χ3v) is 1.88. The van der Waals surface area contributed by atoms with Crippen LogP contribution in [0.3, 0.4) is 0 Å². The summed E-state index contributed by atoms with van der Waals surface area (Å²) in [6.07, 6.45) is 1.91. The summed E-state index contributed by atoms with van der Waals surface area (Å²) in [5, 5.41) is 4.25. The van der Waals surface area contributed by atoms with E-state index in [1.165, 1.54) is 5.56 Å². The summed E-state index contributed by atoms with van der Waals surface area (Å²) in [6.45, 7) is 1.03. The molecule has 1 aromatic carbocycles. The molecule has 0 aliphatic carbocycles. The second-order valence-electron chi connectivity index (χ2n) is 2.99. The van der Waals surface area contributed by atoms with Crippen molar-refractivity contribution in [2.24, 2.45) is 0 Å². The van der Waals surface area contributed by atoms with Crippen LogP contribution in [0.4, 0.5) is 0 Å². The summed E-state index contributed by atoms with van der Waals surface area (Å²) >= 11 is 0. The molecule has 1 aromatic heterocycles. The Balaban J connectivity index is 2.11. The van der Waals surface area contributed by atoms with Gasteiger partial charge in [-0.05, 0) is 18.5 Å². The van der Waals surface area contributed by atoms with Gasteiger partial charge >= 0.3 is 0 Å². The Morgan fingerprint density at radius 1 is 1.31 bits per heavy atom. The normalized spacial score (nSPS) is 11.2. The minimum absolute atomic E-state index is 0.252. The van der Waals surface area contributed by atoms with Crippen molar-refractivity contribution in [2.75, 3.05) is 0 Å². The van der Waals surface area contributed by atoms with Gasteiger partial charge in [-0.3, -0.25) is 4.68 Å². The summed E-state index contributed by atoms with van der Waals surface area (Å²) in [7, 11) is 0. The van der Waals surface area contributed by atoms with Crippen molar-refractivity contribution in [3.63, 3.8) is 0 Å². The van der Waals surface area contributed by atoms with Crippen molar-refractivity contribution in [2.45, 2.75) is 13.4 Å². The molecule has 2 aromatic rings. The number of benzene rings is 1. The van der Waals surface area contributed by atoms with Crippen LogP contribution in [0.25, 0.3) is 0 Å². The van der Waals surface area contributed by atoms with Gasteiger partial charge in [0.25, 0.3) is 0 Å². The van der Waals surface area contributed by atoms with Crippen LogP contribution in [0.1, 0.15) is 12.6 Å². The molecule has 0 unspecified atom stereocenters. The van der Waals surface area contributed by atoms with E-state index >= 15 is 0 Å². The Bertz CT molecular complexity index is 395. The van der Waals surface area contributed by atoms with E-state index < -0.39 is 0 Å². The minimum Gasteiger partial charge on any atom is -0.268 e. The molecular weight excluding hydrogens is 160 g/mol. The number of rotatable bonds is 2. The summed E-state index contributed by atoms with van der Waals surface area (Å²) in [4.78, 5) is 0. The van der Waals surface area contributed by atoms with Gasteiger partial charge in [0.15, 0.2) is 0 Å². The van der Waals surface area contributed by atoms with Gasteiger partial charge in [0.2, 0.25) is 0 Å². The van der Waals surface area contributed by atoms with Crippen molar-refractivity contribution >= 4 is 0 Å². The molecule has 13 heavy (non-hydrogen) atoms. The maximum Gasteiger partial charge on any atom is 0.0659 e. The molecule has 2 nitrogen and oxygen atoms in total. The zero-order chi connectivity index (χ0) is 9.80. The molecular formula is C11H12N2. The van der Waals surface area contributed by atoms with Crippen LogP contribution in [0, 0.1) is 6.90 Å². The van der Waals surface area contributed by atoms with Crippen LogP contribution in [0.15, 0.2) is 42.6 Å². The highest BCUT2D eigenvalue weighted by atomic mass is 15.3. The first-order valence-electron chi connectivity index (χ1n) is 4.94. The van der Waals surface area contributed by atoms with E-state index in [0.29, 0.717) is 0 Å². The Morgan fingerprint density at radius 2 is 2.15 bits per heavy atom. The Labute approximate surface area is 79.2 Å². The van der Waals surface area contributed by atoms with Crippen LogP contribution in [0.2, 0.25) is 0 Å². The fraction of sp³-hybridized carbons (Fsp3) is 0.182. The van der Waals surface area contributed by atoms with Gasteiger partial charge in [-0.15, -0.1) is 0 Å². The van der Waals surface area contributed by atoms with Crippen LogP contribution in [-0.2, 0) is 6.54 Å². The largest absolute Gasteiger partial charge is 0.268 e. The van der Waals surface area contributed by atoms with Gasteiger partial charge in [-0.1, -0.05) is 30.3 Å². The Morgan fingerprint density at radius 3 is 2.85 bits per heavy atom. The summed E-state index contributed by atoms with van der Waals surface area (Å²) in [5.41, 5.74) is 2.05. The number of hydrogen-bond acceptors (Lipinski definition) is 1. The minimum atomic E-state index is 0.252. The third-order valence-electron chi connectivity index (χ3n) is 1.88. The topological polar surface area (TPSA) is 17.8 Å². The third kappa shape index (κ3) is 1.96. The highest BCUT2D eigenvalue weighted by molar-refractivity contribution is 5.15. The highest BCUT2D eigenvalue weighted by Crippen LogP contribution is 2.01. The number of aryl methyl sites for hydroxylation is 1. The molecule has 0 N–H and O–H groups in total. The average Bonchev–Trinajstić information content (AvgIpc) is 2.67. The zero-order valence-corrected chi connectivity index (χ0v) is 7.35. The summed E-state index contributed by atoms with van der Waals surface area (Å²) in [6, 6.07) is 12.1. The quantitative estimate of drug-likeness (QED) is 0.681. The average molecular weight is 173 g/mol. The second-order valence-corrected chi connectivity index (χ2v) is 2.99. The molecule has 66 valence electrons. The summed E-state index contributed by atoms with van der Waals surface area (Å²) in [5.74, 6) is 0. The molecule has 0 saturated heterocycles. The Kier molecular flexibility index (Phi) is 1.82. The van der Waals surface area contributed by atoms with Gasteiger partial charge in [-0.25, -0.2) is 0 Å². The maximum atomic E-state index is 7.16. The molecule has 1 heterocycles. The molecule has 0 spiro atoms. The van der Waals surface area contributed by atoms with E-state index in [9.17, 15) is 0 Å². The fourth-order valence-electron chi connectivity index (χ4n) is 1.26. The number of nitrogens with zero attached hydrogens (tertiary/aromatic N) is 2. The second kappa shape index (κ2) is 3.44. The van der Waals surface area contributed by atoms with Crippen LogP contribution in [-0.4, -0.2) is 9.78 Å². The SMILES string of the molecule is [2H]Cc1ccn(Cc2ccccc2)n1. The van der Waals surface area contributed by atoms with Crippen molar-refractivity contribution < 1.29 is 1.37 Å². The maximum absolute atomic E-state index is 7.16. The van der Waals surface area contributed by atoms with Crippen molar-refractivity contribution in [1.29, 1.82) is 0 Å². The lowest BCUT2D eigenvalue weighted by Crippen LogP contribution is -1.99. The first kappa shape index (κ1) is 6.89. The van der Waals surface area contributed by atoms with Gasteiger partial charge in [-0.2, -0.15) is 5.10 Å². The zero-order valence-electron chi connectivity index (χ0n) is 8.35. The number of aromatic nitrogens is 2. The van der Waals surface area contributed by atoms with E-state index in [0.717, 1.165) is 12.2 Å². The number of hydrogen-bond donors (Lipinski definition) is 0. The molecule has 0 aliphatic rings. The lowest BCUT2D eigenvalue weighted by Gasteiger charge is -2.00.